The van der Waals surface area contributed by atoms with E-state index in [4.69, 9.17) is 0 Å². The van der Waals surface area contributed by atoms with Gasteiger partial charge in [-0.25, -0.2) is 0 Å². The van der Waals surface area contributed by atoms with Crippen molar-refractivity contribution < 1.29 is 0 Å². The second kappa shape index (κ2) is 2.54. The van der Waals surface area contributed by atoms with Crippen LogP contribution in [0.1, 0.15) is 32.6 Å². The van der Waals surface area contributed by atoms with Crippen molar-refractivity contribution in [2.45, 2.75) is 38.6 Å². The highest BCUT2D eigenvalue weighted by molar-refractivity contribution is 4.90. The molecule has 0 aromatic heterocycles. The summed E-state index contributed by atoms with van der Waals surface area (Å²) < 4.78 is 0. The maximum Gasteiger partial charge on any atom is 0.00984 e. The Balaban J connectivity index is 2.01. The molecule has 2 fully saturated rings. The van der Waals surface area contributed by atoms with Gasteiger partial charge in [0, 0.05) is 6.04 Å². The Kier molecular flexibility index (Phi) is 1.69. The monoisotopic (exact) mass is 139 g/mol. The third-order valence-electron chi connectivity index (χ3n) is 3.25. The number of hydrogen-bond acceptors (Lipinski definition) is 1. The molecule has 1 saturated heterocycles. The van der Waals surface area contributed by atoms with Crippen LogP contribution in [0.15, 0.2) is 0 Å². The molecule has 10 heavy (non-hydrogen) atoms. The predicted molar refractivity (Wildman–Crippen MR) is 42.9 cm³/mol. The minimum absolute atomic E-state index is 0.892. The van der Waals surface area contributed by atoms with Crippen molar-refractivity contribution >= 4 is 0 Å². The van der Waals surface area contributed by atoms with E-state index in [-0.39, 0.29) is 0 Å². The SMILES string of the molecule is CC1CN[C@@H]2CCCC[C@@H]12. The number of hydrogen-bond donors (Lipinski definition) is 1. The van der Waals surface area contributed by atoms with Gasteiger partial charge in [0.1, 0.15) is 0 Å². The molecule has 58 valence electrons. The van der Waals surface area contributed by atoms with Crippen LogP contribution in [0.5, 0.6) is 0 Å². The van der Waals surface area contributed by atoms with Gasteiger partial charge in [-0.2, -0.15) is 0 Å². The van der Waals surface area contributed by atoms with E-state index < -0.39 is 0 Å². The first-order valence-electron chi connectivity index (χ1n) is 4.61. The van der Waals surface area contributed by atoms with Crippen LogP contribution in [-0.2, 0) is 0 Å². The van der Waals surface area contributed by atoms with Gasteiger partial charge in [0.2, 0.25) is 0 Å². The smallest absolute Gasteiger partial charge is 0.00984 e. The third kappa shape index (κ3) is 0.968. The highest BCUT2D eigenvalue weighted by Gasteiger charge is 2.34. The topological polar surface area (TPSA) is 12.0 Å². The fraction of sp³-hybridized carbons (Fsp3) is 1.00. The summed E-state index contributed by atoms with van der Waals surface area (Å²) in [4.78, 5) is 0. The summed E-state index contributed by atoms with van der Waals surface area (Å²) in [6, 6.07) is 0.892. The first kappa shape index (κ1) is 6.66. The Morgan fingerprint density at radius 3 is 2.80 bits per heavy atom. The number of nitrogens with one attached hydrogen (secondary N) is 1. The molecule has 0 radical (unpaired) electrons. The van der Waals surface area contributed by atoms with E-state index in [0.29, 0.717) is 0 Å². The first-order chi connectivity index (χ1) is 4.88. The Hall–Kier alpha value is -0.0400. The molecule has 0 spiro atoms. The summed E-state index contributed by atoms with van der Waals surface area (Å²) in [6.07, 6.45) is 5.86. The van der Waals surface area contributed by atoms with Crippen molar-refractivity contribution in [1.82, 2.24) is 5.32 Å². The van der Waals surface area contributed by atoms with Crippen LogP contribution in [0.4, 0.5) is 0 Å². The van der Waals surface area contributed by atoms with Crippen LogP contribution in [-0.4, -0.2) is 12.6 Å². The molecule has 0 amide bonds. The van der Waals surface area contributed by atoms with Gasteiger partial charge in [-0.15, -0.1) is 0 Å². The molecular weight excluding hydrogens is 122 g/mol. The van der Waals surface area contributed by atoms with Gasteiger partial charge in [-0.05, 0) is 31.2 Å². The molecule has 1 unspecified atom stereocenters. The molecular formula is C9H17N. The largest absolute Gasteiger partial charge is 0.313 e. The van der Waals surface area contributed by atoms with Crippen LogP contribution in [0.3, 0.4) is 0 Å². The molecule has 1 heterocycles. The maximum atomic E-state index is 3.61. The molecule has 2 aliphatic rings. The summed E-state index contributed by atoms with van der Waals surface area (Å²) in [5.74, 6) is 1.97. The van der Waals surface area contributed by atoms with Gasteiger partial charge in [0.15, 0.2) is 0 Å². The summed E-state index contributed by atoms with van der Waals surface area (Å²) in [5, 5.41) is 3.61. The second-order valence-electron chi connectivity index (χ2n) is 3.94. The highest BCUT2D eigenvalue weighted by atomic mass is 15.0. The fourth-order valence-corrected chi connectivity index (χ4v) is 2.58. The molecule has 0 aromatic rings. The van der Waals surface area contributed by atoms with Crippen molar-refractivity contribution in [3.63, 3.8) is 0 Å². The Morgan fingerprint density at radius 2 is 2.00 bits per heavy atom. The predicted octanol–water partition coefficient (Wildman–Crippen LogP) is 1.78. The first-order valence-corrected chi connectivity index (χ1v) is 4.61. The average molecular weight is 139 g/mol. The van der Waals surface area contributed by atoms with Crippen LogP contribution in [0.25, 0.3) is 0 Å². The van der Waals surface area contributed by atoms with Gasteiger partial charge in [-0.3, -0.25) is 0 Å². The Bertz CT molecular complexity index is 120. The zero-order valence-corrected chi connectivity index (χ0v) is 6.77. The third-order valence-corrected chi connectivity index (χ3v) is 3.25. The highest BCUT2D eigenvalue weighted by Crippen LogP contribution is 2.33. The summed E-state index contributed by atoms with van der Waals surface area (Å²) in [6.45, 7) is 3.66. The van der Waals surface area contributed by atoms with Gasteiger partial charge in [-0.1, -0.05) is 19.8 Å². The van der Waals surface area contributed by atoms with Crippen LogP contribution in [0.2, 0.25) is 0 Å². The lowest BCUT2D eigenvalue weighted by Gasteiger charge is -2.26. The van der Waals surface area contributed by atoms with E-state index in [2.05, 4.69) is 12.2 Å². The number of fused-ring (bicyclic) bond motifs is 1. The number of rotatable bonds is 0. The van der Waals surface area contributed by atoms with Crippen molar-refractivity contribution in [1.29, 1.82) is 0 Å². The van der Waals surface area contributed by atoms with Crippen molar-refractivity contribution in [2.75, 3.05) is 6.54 Å². The zero-order chi connectivity index (χ0) is 6.97. The van der Waals surface area contributed by atoms with Crippen LogP contribution in [0, 0.1) is 11.8 Å². The average Bonchev–Trinajstić information content (AvgIpc) is 2.34. The molecule has 2 rings (SSSR count). The van der Waals surface area contributed by atoms with E-state index in [9.17, 15) is 0 Å². The Labute approximate surface area is 63.2 Å². The molecule has 1 nitrogen and oxygen atoms in total. The lowest BCUT2D eigenvalue weighted by atomic mass is 9.81. The molecule has 3 atom stereocenters. The molecule has 1 N–H and O–H groups in total. The van der Waals surface area contributed by atoms with Crippen LogP contribution < -0.4 is 5.32 Å². The molecule has 1 heteroatoms. The van der Waals surface area contributed by atoms with Gasteiger partial charge in [0.05, 0.1) is 0 Å². The lowest BCUT2D eigenvalue weighted by molar-refractivity contribution is 0.285. The van der Waals surface area contributed by atoms with Gasteiger partial charge >= 0.3 is 0 Å². The van der Waals surface area contributed by atoms with E-state index in [1.807, 2.05) is 0 Å². The molecule has 0 aromatic carbocycles. The summed E-state index contributed by atoms with van der Waals surface area (Å²) in [7, 11) is 0. The Morgan fingerprint density at radius 1 is 1.20 bits per heavy atom. The second-order valence-corrected chi connectivity index (χ2v) is 3.94. The van der Waals surface area contributed by atoms with E-state index >= 15 is 0 Å². The maximum absolute atomic E-state index is 3.61. The molecule has 1 aliphatic heterocycles. The van der Waals surface area contributed by atoms with Crippen molar-refractivity contribution in [2.24, 2.45) is 11.8 Å². The quantitative estimate of drug-likeness (QED) is 0.539. The lowest BCUT2D eigenvalue weighted by Crippen LogP contribution is -2.29. The molecule has 1 saturated carbocycles. The van der Waals surface area contributed by atoms with Crippen molar-refractivity contribution in [3.05, 3.63) is 0 Å². The summed E-state index contributed by atoms with van der Waals surface area (Å²) in [5.41, 5.74) is 0. The van der Waals surface area contributed by atoms with E-state index in [1.54, 1.807) is 0 Å². The minimum Gasteiger partial charge on any atom is -0.313 e. The minimum atomic E-state index is 0.892. The van der Waals surface area contributed by atoms with Gasteiger partial charge in [0.25, 0.3) is 0 Å². The molecule has 1 aliphatic carbocycles. The van der Waals surface area contributed by atoms with E-state index in [0.717, 1.165) is 17.9 Å². The van der Waals surface area contributed by atoms with E-state index in [1.165, 1.54) is 32.2 Å². The standard InChI is InChI=1S/C9H17N/c1-7-6-10-9-5-3-2-4-8(7)9/h7-10H,2-6H2,1H3/t7?,8-,9+/m0/s1. The van der Waals surface area contributed by atoms with Gasteiger partial charge < -0.3 is 5.32 Å². The summed E-state index contributed by atoms with van der Waals surface area (Å²) >= 11 is 0. The zero-order valence-electron chi connectivity index (χ0n) is 6.77. The fourth-order valence-electron chi connectivity index (χ4n) is 2.58. The molecule has 0 bridgehead atoms. The van der Waals surface area contributed by atoms with Crippen LogP contribution >= 0.6 is 0 Å². The van der Waals surface area contributed by atoms with Crippen molar-refractivity contribution in [3.8, 4) is 0 Å². The normalized spacial score (nSPS) is 47.1.